The Hall–Kier alpha value is -3.90. The van der Waals surface area contributed by atoms with E-state index in [1.165, 1.54) is 31.4 Å². The van der Waals surface area contributed by atoms with Crippen molar-refractivity contribution in [2.75, 3.05) is 12.9 Å². The molecule has 2 atom stereocenters. The third kappa shape index (κ3) is 10.8. The Morgan fingerprint density at radius 2 is 1.81 bits per heavy atom. The Kier molecular flexibility index (Phi) is 13.5. The molecule has 42 heavy (non-hydrogen) atoms. The molecule has 10 nitrogen and oxygen atoms in total. The number of ether oxygens (including phenoxy) is 1. The SMILES string of the molecule is COc1ccc(/C=C/C(=O)O)cc1CC(=O)NC(C(=O)NC(CC(=O)O)C(=O)CSCc1c(F)cccc1Cl)C(C)C. The van der Waals surface area contributed by atoms with Gasteiger partial charge in [0, 0.05) is 28.0 Å². The molecule has 0 bridgehead atoms. The van der Waals surface area contributed by atoms with Crippen molar-refractivity contribution in [3.05, 3.63) is 70.0 Å². The third-order valence-corrected chi connectivity index (χ3v) is 7.31. The number of hydrogen-bond donors (Lipinski definition) is 4. The Bertz CT molecular complexity index is 1330. The van der Waals surface area contributed by atoms with Crippen molar-refractivity contribution < 1.29 is 43.3 Å². The van der Waals surface area contributed by atoms with E-state index in [2.05, 4.69) is 10.6 Å². The molecule has 13 heteroatoms. The second-order valence-electron chi connectivity index (χ2n) is 9.53. The average Bonchev–Trinajstić information content (AvgIpc) is 2.91. The molecule has 0 radical (unpaired) electrons. The van der Waals surface area contributed by atoms with Crippen molar-refractivity contribution >= 4 is 59.0 Å². The fourth-order valence-electron chi connectivity index (χ4n) is 3.85. The van der Waals surface area contributed by atoms with Gasteiger partial charge in [-0.15, -0.1) is 11.8 Å². The maximum atomic E-state index is 14.0. The predicted molar refractivity (Wildman–Crippen MR) is 157 cm³/mol. The molecule has 226 valence electrons. The molecule has 0 aliphatic heterocycles. The molecular formula is C29H32ClFN2O8S. The van der Waals surface area contributed by atoms with E-state index in [0.717, 1.165) is 17.8 Å². The molecule has 2 rings (SSSR count). The number of carbonyl (C=O) groups is 5. The summed E-state index contributed by atoms with van der Waals surface area (Å²) >= 11 is 7.04. The molecule has 2 aromatic rings. The van der Waals surface area contributed by atoms with Gasteiger partial charge in [0.25, 0.3) is 0 Å². The minimum absolute atomic E-state index is 0.0619. The van der Waals surface area contributed by atoms with Crippen LogP contribution in [0.2, 0.25) is 5.02 Å². The van der Waals surface area contributed by atoms with Gasteiger partial charge >= 0.3 is 11.9 Å². The summed E-state index contributed by atoms with van der Waals surface area (Å²) < 4.78 is 19.3. The van der Waals surface area contributed by atoms with Crippen molar-refractivity contribution in [1.29, 1.82) is 0 Å². The average molecular weight is 623 g/mol. The monoisotopic (exact) mass is 622 g/mol. The number of carboxylic acids is 2. The van der Waals surface area contributed by atoms with E-state index in [1.807, 2.05) is 0 Å². The molecule has 4 N–H and O–H groups in total. The number of methoxy groups -OCH3 is 1. The zero-order chi connectivity index (χ0) is 31.4. The highest BCUT2D eigenvalue weighted by atomic mass is 35.5. The summed E-state index contributed by atoms with van der Waals surface area (Å²) in [6.07, 6.45) is 1.42. The molecular weight excluding hydrogens is 591 g/mol. The van der Waals surface area contributed by atoms with Crippen molar-refractivity contribution in [2.45, 2.75) is 44.5 Å². The Labute approximate surface area is 251 Å². The maximum absolute atomic E-state index is 14.0. The summed E-state index contributed by atoms with van der Waals surface area (Å²) in [5.41, 5.74) is 1.17. The second-order valence-corrected chi connectivity index (χ2v) is 10.9. The minimum Gasteiger partial charge on any atom is -0.496 e. The van der Waals surface area contributed by atoms with E-state index >= 15 is 0 Å². The summed E-state index contributed by atoms with van der Waals surface area (Å²) in [5.74, 6) is -5.08. The van der Waals surface area contributed by atoms with Crippen molar-refractivity contribution in [3.8, 4) is 5.75 Å². The summed E-state index contributed by atoms with van der Waals surface area (Å²) in [4.78, 5) is 61.2. The van der Waals surface area contributed by atoms with E-state index < -0.39 is 59.8 Å². The smallest absolute Gasteiger partial charge is 0.328 e. The lowest BCUT2D eigenvalue weighted by Gasteiger charge is -2.25. The van der Waals surface area contributed by atoms with Crippen LogP contribution in [0, 0.1) is 11.7 Å². The molecule has 2 amide bonds. The lowest BCUT2D eigenvalue weighted by molar-refractivity contribution is -0.140. The first-order valence-corrected chi connectivity index (χ1v) is 14.3. The van der Waals surface area contributed by atoms with Gasteiger partial charge in [0.1, 0.15) is 17.6 Å². The Morgan fingerprint density at radius 3 is 2.40 bits per heavy atom. The normalized spacial score (nSPS) is 12.5. The highest BCUT2D eigenvalue weighted by Crippen LogP contribution is 2.24. The summed E-state index contributed by atoms with van der Waals surface area (Å²) in [6.45, 7) is 3.34. The van der Waals surface area contributed by atoms with Crippen LogP contribution in [0.25, 0.3) is 6.08 Å². The van der Waals surface area contributed by atoms with Gasteiger partial charge in [0.05, 0.1) is 31.7 Å². The van der Waals surface area contributed by atoms with Crippen LogP contribution in [0.15, 0.2) is 42.5 Å². The van der Waals surface area contributed by atoms with Gasteiger partial charge < -0.3 is 25.6 Å². The Balaban J connectivity index is 2.10. The van der Waals surface area contributed by atoms with Crippen molar-refractivity contribution in [3.63, 3.8) is 0 Å². The lowest BCUT2D eigenvalue weighted by atomic mass is 10.0. The molecule has 0 saturated carbocycles. The lowest BCUT2D eigenvalue weighted by Crippen LogP contribution is -2.54. The van der Waals surface area contributed by atoms with Gasteiger partial charge in [0.2, 0.25) is 11.8 Å². The van der Waals surface area contributed by atoms with Crippen molar-refractivity contribution in [1.82, 2.24) is 10.6 Å². The number of Topliss-reactive ketones (excluding diaryl/α,β-unsaturated/α-hetero) is 1. The number of thioether (sulfide) groups is 1. The third-order valence-electron chi connectivity index (χ3n) is 5.98. The second kappa shape index (κ2) is 16.5. The molecule has 0 spiro atoms. The number of rotatable bonds is 16. The highest BCUT2D eigenvalue weighted by molar-refractivity contribution is 7.99. The summed E-state index contributed by atoms with van der Waals surface area (Å²) in [7, 11) is 1.41. The van der Waals surface area contributed by atoms with E-state index in [9.17, 15) is 33.5 Å². The van der Waals surface area contributed by atoms with Crippen LogP contribution in [0.3, 0.4) is 0 Å². The quantitative estimate of drug-likeness (QED) is 0.205. The van der Waals surface area contributed by atoms with Crippen LogP contribution >= 0.6 is 23.4 Å². The largest absolute Gasteiger partial charge is 0.496 e. The van der Waals surface area contributed by atoms with Crippen LogP contribution < -0.4 is 15.4 Å². The standard InChI is InChI=1S/C29H32ClFN2O8S/c1-16(2)28(33-25(35)12-18-11-17(8-10-26(36)37)7-9-24(18)41-3)29(40)32-22(13-27(38)39)23(34)15-42-14-19-20(30)5-4-6-21(19)31/h4-11,16,22,28H,12-15H2,1-3H3,(H,32,40)(H,33,35)(H,36,37)(H,38,39)/b10-8+. The first-order valence-electron chi connectivity index (χ1n) is 12.7. The number of carbonyl (C=O) groups excluding carboxylic acids is 3. The number of hydrogen-bond acceptors (Lipinski definition) is 7. The maximum Gasteiger partial charge on any atom is 0.328 e. The molecule has 0 aromatic heterocycles. The summed E-state index contributed by atoms with van der Waals surface area (Å²) in [6, 6.07) is 6.49. The molecule has 0 aliphatic rings. The molecule has 2 unspecified atom stereocenters. The predicted octanol–water partition coefficient (Wildman–Crippen LogP) is 3.73. The highest BCUT2D eigenvalue weighted by Gasteiger charge is 2.30. The van der Waals surface area contributed by atoms with Crippen LogP contribution in [0.1, 0.15) is 37.0 Å². The molecule has 0 fully saturated rings. The number of ketones is 1. The van der Waals surface area contributed by atoms with Gasteiger partial charge in [-0.05, 0) is 41.8 Å². The molecule has 2 aromatic carbocycles. The topological polar surface area (TPSA) is 159 Å². The van der Waals surface area contributed by atoms with Crippen molar-refractivity contribution in [2.24, 2.45) is 5.92 Å². The minimum atomic E-state index is -1.38. The van der Waals surface area contributed by atoms with Crippen LogP contribution in [0.5, 0.6) is 5.75 Å². The number of halogens is 2. The number of aliphatic carboxylic acids is 2. The zero-order valence-electron chi connectivity index (χ0n) is 23.2. The van der Waals surface area contributed by atoms with Crippen LogP contribution in [0.4, 0.5) is 4.39 Å². The van der Waals surface area contributed by atoms with E-state index in [0.29, 0.717) is 16.9 Å². The molecule has 0 aliphatic carbocycles. The van der Waals surface area contributed by atoms with Gasteiger partial charge in [0.15, 0.2) is 5.78 Å². The van der Waals surface area contributed by atoms with Gasteiger partial charge in [-0.1, -0.05) is 37.6 Å². The fraction of sp³-hybridized carbons (Fsp3) is 0.345. The first-order chi connectivity index (χ1) is 19.8. The Morgan fingerprint density at radius 1 is 1.10 bits per heavy atom. The van der Waals surface area contributed by atoms with Crippen LogP contribution in [-0.2, 0) is 36.1 Å². The number of benzene rings is 2. The van der Waals surface area contributed by atoms with E-state index in [4.69, 9.17) is 21.4 Å². The zero-order valence-corrected chi connectivity index (χ0v) is 24.8. The molecule has 0 saturated heterocycles. The number of nitrogens with one attached hydrogen (secondary N) is 2. The number of amides is 2. The molecule has 0 heterocycles. The first kappa shape index (κ1) is 34.3. The number of carboxylic acid groups (broad SMARTS) is 2. The fourth-order valence-corrected chi connectivity index (χ4v) is 5.16. The van der Waals surface area contributed by atoms with Gasteiger partial charge in [-0.2, -0.15) is 0 Å². The van der Waals surface area contributed by atoms with Gasteiger partial charge in [-0.3, -0.25) is 19.2 Å². The van der Waals surface area contributed by atoms with Crippen LogP contribution in [-0.4, -0.2) is 64.7 Å². The van der Waals surface area contributed by atoms with E-state index in [-0.39, 0.29) is 28.5 Å². The van der Waals surface area contributed by atoms with Gasteiger partial charge in [-0.25, -0.2) is 9.18 Å². The summed E-state index contributed by atoms with van der Waals surface area (Å²) in [5, 5.41) is 23.4. The van der Waals surface area contributed by atoms with E-state index in [1.54, 1.807) is 32.0 Å².